The number of rotatable bonds is 4. The molecule has 0 aliphatic carbocycles. The van der Waals surface area contributed by atoms with E-state index in [0.717, 1.165) is 16.2 Å². The minimum atomic E-state index is -0.666. The number of benzene rings is 2. The predicted octanol–water partition coefficient (Wildman–Crippen LogP) is 3.14. The molecule has 132 valence electrons. The Bertz CT molecular complexity index is 1040. The number of carbonyl (C=O) groups is 1. The molecule has 1 aromatic heterocycles. The van der Waals surface area contributed by atoms with E-state index in [1.807, 2.05) is 18.2 Å². The summed E-state index contributed by atoms with van der Waals surface area (Å²) in [6.07, 6.45) is 0. The quantitative estimate of drug-likeness (QED) is 0.718. The van der Waals surface area contributed by atoms with Gasteiger partial charge in [-0.2, -0.15) is 0 Å². The molecule has 3 rings (SSSR count). The molecule has 0 saturated heterocycles. The van der Waals surface area contributed by atoms with Crippen LogP contribution in [0.4, 0.5) is 5.69 Å². The Hall–Kier alpha value is -2.83. The van der Waals surface area contributed by atoms with Gasteiger partial charge in [-0.1, -0.05) is 53.5 Å². The van der Waals surface area contributed by atoms with Crippen LogP contribution in [0.25, 0.3) is 0 Å². The van der Waals surface area contributed by atoms with Gasteiger partial charge in [-0.25, -0.2) is 4.79 Å². The maximum Gasteiger partial charge on any atom is 0.329 e. The summed E-state index contributed by atoms with van der Waals surface area (Å²) in [4.78, 5) is 39.2. The summed E-state index contributed by atoms with van der Waals surface area (Å²) in [5, 5.41) is 3.17. The van der Waals surface area contributed by atoms with Crippen molar-refractivity contribution in [1.29, 1.82) is 0 Å². The summed E-state index contributed by atoms with van der Waals surface area (Å²) in [5.41, 5.74) is -0.195. The number of halogens is 2. The number of hydrogen-bond acceptors (Lipinski definition) is 3. The van der Waals surface area contributed by atoms with Crippen molar-refractivity contribution >= 4 is 34.8 Å². The highest BCUT2D eigenvalue weighted by Crippen LogP contribution is 2.25. The van der Waals surface area contributed by atoms with Crippen LogP contribution in [-0.4, -0.2) is 15.5 Å². The highest BCUT2D eigenvalue weighted by molar-refractivity contribution is 6.42. The topological polar surface area (TPSA) is 84.0 Å². The van der Waals surface area contributed by atoms with Gasteiger partial charge < -0.3 is 10.3 Å². The van der Waals surface area contributed by atoms with E-state index in [1.165, 1.54) is 12.1 Å². The minimum absolute atomic E-state index is 0.115. The zero-order valence-corrected chi connectivity index (χ0v) is 14.8. The van der Waals surface area contributed by atoms with Gasteiger partial charge in [0.05, 0.1) is 16.6 Å². The van der Waals surface area contributed by atoms with Crippen LogP contribution >= 0.6 is 23.2 Å². The standard InChI is InChI=1S/C18H13Cl2N3O3/c19-13-7-6-12(8-14(13)20)21-17(25)15-9-16(24)23(18(26)22-15)10-11-4-2-1-3-5-11/h1-9H,10H2,(H,21,25)(H,22,26). The van der Waals surface area contributed by atoms with E-state index in [4.69, 9.17) is 23.2 Å². The van der Waals surface area contributed by atoms with Crippen molar-refractivity contribution in [3.8, 4) is 0 Å². The van der Waals surface area contributed by atoms with Crippen LogP contribution in [0.15, 0.2) is 64.2 Å². The number of amides is 1. The van der Waals surface area contributed by atoms with E-state index >= 15 is 0 Å². The SMILES string of the molecule is O=C(Nc1ccc(Cl)c(Cl)c1)c1cc(=O)n(Cc2ccccc2)c(=O)[nH]1. The lowest BCUT2D eigenvalue weighted by atomic mass is 10.2. The van der Waals surface area contributed by atoms with Crippen LogP contribution in [0.1, 0.15) is 16.1 Å². The highest BCUT2D eigenvalue weighted by atomic mass is 35.5. The van der Waals surface area contributed by atoms with Crippen LogP contribution in [0.3, 0.4) is 0 Å². The normalized spacial score (nSPS) is 10.5. The van der Waals surface area contributed by atoms with E-state index in [9.17, 15) is 14.4 Å². The monoisotopic (exact) mass is 389 g/mol. The Balaban J connectivity index is 1.85. The number of hydrogen-bond donors (Lipinski definition) is 2. The fraction of sp³-hybridized carbons (Fsp3) is 0.0556. The van der Waals surface area contributed by atoms with Crippen LogP contribution in [0.2, 0.25) is 10.0 Å². The van der Waals surface area contributed by atoms with Gasteiger partial charge in [0.2, 0.25) is 0 Å². The van der Waals surface area contributed by atoms with Gasteiger partial charge in [-0.05, 0) is 23.8 Å². The lowest BCUT2D eigenvalue weighted by molar-refractivity contribution is 0.102. The van der Waals surface area contributed by atoms with Crippen LogP contribution in [0.5, 0.6) is 0 Å². The predicted molar refractivity (Wildman–Crippen MR) is 101 cm³/mol. The molecule has 0 radical (unpaired) electrons. The number of aromatic amines is 1. The first-order chi connectivity index (χ1) is 12.4. The first kappa shape index (κ1) is 18.0. The number of anilines is 1. The third-order valence-electron chi connectivity index (χ3n) is 3.63. The van der Waals surface area contributed by atoms with Crippen LogP contribution in [0, 0.1) is 0 Å². The molecule has 2 N–H and O–H groups in total. The average molecular weight is 390 g/mol. The third kappa shape index (κ3) is 4.04. The molecule has 0 bridgehead atoms. The summed E-state index contributed by atoms with van der Waals surface area (Å²) in [5.74, 6) is -0.635. The zero-order chi connectivity index (χ0) is 18.7. The first-order valence-electron chi connectivity index (χ1n) is 7.58. The van der Waals surface area contributed by atoms with E-state index in [-0.39, 0.29) is 17.3 Å². The molecular formula is C18H13Cl2N3O3. The van der Waals surface area contributed by atoms with Crippen molar-refractivity contribution < 1.29 is 4.79 Å². The van der Waals surface area contributed by atoms with E-state index in [2.05, 4.69) is 10.3 Å². The van der Waals surface area contributed by atoms with Gasteiger partial charge in [0.1, 0.15) is 5.69 Å². The molecule has 0 aliphatic rings. The lowest BCUT2D eigenvalue weighted by Gasteiger charge is -2.08. The summed E-state index contributed by atoms with van der Waals surface area (Å²) in [7, 11) is 0. The molecule has 8 heteroatoms. The summed E-state index contributed by atoms with van der Waals surface area (Å²) >= 11 is 11.7. The molecule has 26 heavy (non-hydrogen) atoms. The molecule has 1 amide bonds. The highest BCUT2D eigenvalue weighted by Gasteiger charge is 2.12. The second kappa shape index (κ2) is 7.59. The Morgan fingerprint density at radius 1 is 1.00 bits per heavy atom. The van der Waals surface area contributed by atoms with E-state index < -0.39 is 17.2 Å². The first-order valence-corrected chi connectivity index (χ1v) is 8.34. The van der Waals surface area contributed by atoms with Gasteiger partial charge in [0, 0.05) is 11.8 Å². The maximum atomic E-state index is 12.3. The maximum absolute atomic E-state index is 12.3. The minimum Gasteiger partial charge on any atom is -0.321 e. The van der Waals surface area contributed by atoms with Crippen molar-refractivity contribution in [3.63, 3.8) is 0 Å². The Labute approximate surface area is 158 Å². The van der Waals surface area contributed by atoms with Crippen molar-refractivity contribution in [2.75, 3.05) is 5.32 Å². The van der Waals surface area contributed by atoms with Crippen LogP contribution < -0.4 is 16.6 Å². The summed E-state index contributed by atoms with van der Waals surface area (Å²) < 4.78 is 1.02. The number of aromatic nitrogens is 2. The lowest BCUT2D eigenvalue weighted by Crippen LogP contribution is -2.37. The smallest absolute Gasteiger partial charge is 0.321 e. The second-order valence-corrected chi connectivity index (χ2v) is 6.30. The fourth-order valence-electron chi connectivity index (χ4n) is 2.33. The molecule has 0 unspecified atom stereocenters. The number of nitrogens with one attached hydrogen (secondary N) is 2. The summed E-state index contributed by atoms with van der Waals surface area (Å²) in [6, 6.07) is 14.7. The number of carbonyl (C=O) groups excluding carboxylic acids is 1. The van der Waals surface area contributed by atoms with Crippen molar-refractivity contribution in [2.24, 2.45) is 0 Å². The number of nitrogens with zero attached hydrogens (tertiary/aromatic N) is 1. The Kier molecular flexibility index (Phi) is 5.25. The van der Waals surface area contributed by atoms with Gasteiger partial charge in [0.15, 0.2) is 0 Å². The second-order valence-electron chi connectivity index (χ2n) is 5.48. The van der Waals surface area contributed by atoms with Gasteiger partial charge >= 0.3 is 5.69 Å². The Morgan fingerprint density at radius 2 is 1.73 bits per heavy atom. The van der Waals surface area contributed by atoms with Crippen molar-refractivity contribution in [2.45, 2.75) is 6.54 Å². The third-order valence-corrected chi connectivity index (χ3v) is 4.37. The van der Waals surface area contributed by atoms with Crippen LogP contribution in [-0.2, 0) is 6.54 Å². The number of H-pyrrole nitrogens is 1. The molecule has 3 aromatic rings. The Morgan fingerprint density at radius 3 is 2.38 bits per heavy atom. The van der Waals surface area contributed by atoms with Gasteiger partial charge in [-0.15, -0.1) is 0 Å². The molecule has 2 aromatic carbocycles. The van der Waals surface area contributed by atoms with Crippen molar-refractivity contribution in [1.82, 2.24) is 9.55 Å². The van der Waals surface area contributed by atoms with Gasteiger partial charge in [0.25, 0.3) is 11.5 Å². The van der Waals surface area contributed by atoms with Gasteiger partial charge in [-0.3, -0.25) is 14.2 Å². The molecule has 0 aliphatic heterocycles. The van der Waals surface area contributed by atoms with E-state index in [0.29, 0.717) is 10.7 Å². The molecule has 1 heterocycles. The van der Waals surface area contributed by atoms with Crippen molar-refractivity contribution in [3.05, 3.63) is 96.7 Å². The zero-order valence-electron chi connectivity index (χ0n) is 13.3. The average Bonchev–Trinajstić information content (AvgIpc) is 2.62. The molecule has 0 fully saturated rings. The molecular weight excluding hydrogens is 377 g/mol. The molecule has 0 spiro atoms. The molecule has 0 atom stereocenters. The largest absolute Gasteiger partial charge is 0.329 e. The molecule has 0 saturated carbocycles. The summed E-state index contributed by atoms with van der Waals surface area (Å²) in [6.45, 7) is 0.115. The fourth-order valence-corrected chi connectivity index (χ4v) is 2.63. The molecule has 6 nitrogen and oxygen atoms in total. The van der Waals surface area contributed by atoms with E-state index in [1.54, 1.807) is 18.2 Å².